The molecule has 1 aliphatic carbocycles. The Hall–Kier alpha value is -2.62. The van der Waals surface area contributed by atoms with Crippen molar-refractivity contribution < 1.29 is 9.59 Å². The van der Waals surface area contributed by atoms with Crippen molar-refractivity contribution in [2.45, 2.75) is 70.4 Å². The monoisotopic (exact) mass is 406 g/mol. The lowest BCUT2D eigenvalue weighted by Crippen LogP contribution is -2.51. The Kier molecular flexibility index (Phi) is 8.49. The van der Waals surface area contributed by atoms with Crippen molar-refractivity contribution in [1.29, 1.82) is 0 Å². The smallest absolute Gasteiger partial charge is 0.243 e. The molecule has 2 aromatic rings. The van der Waals surface area contributed by atoms with Gasteiger partial charge in [0, 0.05) is 19.0 Å². The van der Waals surface area contributed by atoms with Crippen molar-refractivity contribution in [3.8, 4) is 0 Å². The Balaban J connectivity index is 1.68. The van der Waals surface area contributed by atoms with Gasteiger partial charge >= 0.3 is 0 Å². The van der Waals surface area contributed by atoms with Gasteiger partial charge in [0.1, 0.15) is 6.04 Å². The van der Waals surface area contributed by atoms with E-state index >= 15 is 0 Å². The Morgan fingerprint density at radius 1 is 0.933 bits per heavy atom. The molecule has 0 aliphatic heterocycles. The molecule has 30 heavy (non-hydrogen) atoms. The van der Waals surface area contributed by atoms with Crippen molar-refractivity contribution in [1.82, 2.24) is 10.2 Å². The molecule has 1 saturated carbocycles. The predicted molar refractivity (Wildman–Crippen MR) is 121 cm³/mol. The van der Waals surface area contributed by atoms with Crippen LogP contribution in [0.1, 0.15) is 56.6 Å². The molecule has 0 bridgehead atoms. The number of aryl methyl sites for hydroxylation is 1. The van der Waals surface area contributed by atoms with Gasteiger partial charge in [-0.05, 0) is 43.2 Å². The summed E-state index contributed by atoms with van der Waals surface area (Å²) in [6.45, 7) is 2.56. The lowest BCUT2D eigenvalue weighted by atomic mass is 10.1. The van der Waals surface area contributed by atoms with Crippen LogP contribution in [0.4, 0.5) is 0 Å². The van der Waals surface area contributed by atoms with Crippen LogP contribution < -0.4 is 5.32 Å². The van der Waals surface area contributed by atoms with Gasteiger partial charge in [-0.2, -0.15) is 0 Å². The first-order valence-electron chi connectivity index (χ1n) is 11.3. The van der Waals surface area contributed by atoms with Crippen molar-refractivity contribution in [3.05, 3.63) is 71.8 Å². The summed E-state index contributed by atoms with van der Waals surface area (Å²) in [7, 11) is 0. The fourth-order valence-electron chi connectivity index (χ4n) is 4.30. The average molecular weight is 407 g/mol. The highest BCUT2D eigenvalue weighted by molar-refractivity contribution is 5.88. The molecule has 2 amide bonds. The molecule has 0 unspecified atom stereocenters. The minimum Gasteiger partial charge on any atom is -0.352 e. The zero-order valence-electron chi connectivity index (χ0n) is 18.1. The summed E-state index contributed by atoms with van der Waals surface area (Å²) in [5.74, 6) is 0.0636. The summed E-state index contributed by atoms with van der Waals surface area (Å²) >= 11 is 0. The summed E-state index contributed by atoms with van der Waals surface area (Å²) < 4.78 is 0. The Bertz CT molecular complexity index is 785. The standard InChI is InChI=1S/C26H34N2O2/c1-2-24(26(30)27-23-15-9-10-16-23)28(20-19-22-13-7-4-8-14-22)25(29)18-17-21-11-5-3-6-12-21/h3-8,11-14,23-24H,2,9-10,15-20H2,1H3,(H,27,30)/t24-/m1/s1. The average Bonchev–Trinajstić information content (AvgIpc) is 3.29. The summed E-state index contributed by atoms with van der Waals surface area (Å²) in [6.07, 6.45) is 6.96. The first kappa shape index (κ1) is 22.1. The molecule has 0 aromatic heterocycles. The SMILES string of the molecule is CC[C@H](C(=O)NC1CCCC1)N(CCc1ccccc1)C(=O)CCc1ccccc1. The topological polar surface area (TPSA) is 49.4 Å². The van der Waals surface area contributed by atoms with Gasteiger partial charge in [0.05, 0.1) is 0 Å². The highest BCUT2D eigenvalue weighted by Gasteiger charge is 2.30. The highest BCUT2D eigenvalue weighted by atomic mass is 16.2. The first-order valence-corrected chi connectivity index (χ1v) is 11.3. The highest BCUT2D eigenvalue weighted by Crippen LogP contribution is 2.19. The van der Waals surface area contributed by atoms with Crippen LogP contribution in [0.5, 0.6) is 0 Å². The summed E-state index contributed by atoms with van der Waals surface area (Å²) in [6, 6.07) is 20.1. The van der Waals surface area contributed by atoms with Crippen LogP contribution in [-0.4, -0.2) is 35.3 Å². The third-order valence-electron chi connectivity index (χ3n) is 6.04. The number of amides is 2. The third kappa shape index (κ3) is 6.45. The number of carbonyl (C=O) groups excluding carboxylic acids is 2. The van der Waals surface area contributed by atoms with Gasteiger partial charge in [0.25, 0.3) is 0 Å². The molecule has 2 aromatic carbocycles. The molecule has 0 radical (unpaired) electrons. The number of rotatable bonds is 10. The van der Waals surface area contributed by atoms with Gasteiger partial charge in [-0.25, -0.2) is 0 Å². The van der Waals surface area contributed by atoms with Gasteiger partial charge in [-0.1, -0.05) is 80.4 Å². The quantitative estimate of drug-likeness (QED) is 0.630. The van der Waals surface area contributed by atoms with E-state index in [9.17, 15) is 9.59 Å². The molecule has 0 heterocycles. The Labute approximate surface area is 180 Å². The van der Waals surface area contributed by atoms with E-state index in [1.165, 1.54) is 18.4 Å². The van der Waals surface area contributed by atoms with E-state index in [0.717, 1.165) is 24.8 Å². The van der Waals surface area contributed by atoms with E-state index in [1.807, 2.05) is 60.4 Å². The number of hydrogen-bond donors (Lipinski definition) is 1. The predicted octanol–water partition coefficient (Wildman–Crippen LogP) is 4.53. The fraction of sp³-hybridized carbons (Fsp3) is 0.462. The van der Waals surface area contributed by atoms with Crippen LogP contribution in [0.2, 0.25) is 0 Å². The number of carbonyl (C=O) groups is 2. The number of nitrogens with one attached hydrogen (secondary N) is 1. The first-order chi connectivity index (χ1) is 14.7. The third-order valence-corrected chi connectivity index (χ3v) is 6.04. The lowest BCUT2D eigenvalue weighted by Gasteiger charge is -2.31. The fourth-order valence-corrected chi connectivity index (χ4v) is 4.30. The Morgan fingerprint density at radius 2 is 1.50 bits per heavy atom. The number of hydrogen-bond acceptors (Lipinski definition) is 2. The molecule has 1 aliphatic rings. The summed E-state index contributed by atoms with van der Waals surface area (Å²) in [5.41, 5.74) is 2.33. The van der Waals surface area contributed by atoms with Crippen molar-refractivity contribution in [2.75, 3.05) is 6.54 Å². The molecule has 1 fully saturated rings. The maximum Gasteiger partial charge on any atom is 0.243 e. The van der Waals surface area contributed by atoms with E-state index in [2.05, 4.69) is 17.4 Å². The minimum atomic E-state index is -0.405. The molecule has 1 atom stereocenters. The second kappa shape index (κ2) is 11.5. The van der Waals surface area contributed by atoms with E-state index in [-0.39, 0.29) is 17.9 Å². The van der Waals surface area contributed by atoms with E-state index in [1.54, 1.807) is 0 Å². The molecule has 3 rings (SSSR count). The van der Waals surface area contributed by atoms with Crippen LogP contribution in [0.25, 0.3) is 0 Å². The maximum absolute atomic E-state index is 13.2. The van der Waals surface area contributed by atoms with Gasteiger partial charge in [-0.3, -0.25) is 9.59 Å². The van der Waals surface area contributed by atoms with Crippen LogP contribution in [-0.2, 0) is 22.4 Å². The van der Waals surface area contributed by atoms with E-state index in [4.69, 9.17) is 0 Å². The van der Waals surface area contributed by atoms with Crippen molar-refractivity contribution in [2.24, 2.45) is 0 Å². The minimum absolute atomic E-state index is 0.00511. The molecular formula is C26H34N2O2. The molecule has 4 nitrogen and oxygen atoms in total. The molecule has 0 spiro atoms. The van der Waals surface area contributed by atoms with Crippen molar-refractivity contribution >= 4 is 11.8 Å². The second-order valence-corrected chi connectivity index (χ2v) is 8.22. The summed E-state index contributed by atoms with van der Waals surface area (Å²) in [4.78, 5) is 28.1. The normalized spacial score (nSPS) is 15.0. The molecule has 160 valence electrons. The largest absolute Gasteiger partial charge is 0.352 e. The van der Waals surface area contributed by atoms with Crippen LogP contribution in [0.15, 0.2) is 60.7 Å². The molecule has 0 saturated heterocycles. The van der Waals surface area contributed by atoms with Gasteiger partial charge in [0.2, 0.25) is 11.8 Å². The number of nitrogens with zero attached hydrogens (tertiary/aromatic N) is 1. The van der Waals surface area contributed by atoms with Gasteiger partial charge < -0.3 is 10.2 Å². The summed E-state index contributed by atoms with van der Waals surface area (Å²) in [5, 5.41) is 3.20. The molecule has 4 heteroatoms. The van der Waals surface area contributed by atoms with Crippen molar-refractivity contribution in [3.63, 3.8) is 0 Å². The zero-order valence-corrected chi connectivity index (χ0v) is 18.1. The van der Waals surface area contributed by atoms with Crippen LogP contribution in [0.3, 0.4) is 0 Å². The van der Waals surface area contributed by atoms with Gasteiger partial charge in [-0.15, -0.1) is 0 Å². The zero-order chi connectivity index (χ0) is 21.2. The lowest BCUT2D eigenvalue weighted by molar-refractivity contribution is -0.141. The van der Waals surface area contributed by atoms with Crippen LogP contribution >= 0.6 is 0 Å². The van der Waals surface area contributed by atoms with Crippen LogP contribution in [0, 0.1) is 0 Å². The molecular weight excluding hydrogens is 372 g/mol. The van der Waals surface area contributed by atoms with E-state index < -0.39 is 6.04 Å². The van der Waals surface area contributed by atoms with E-state index in [0.29, 0.717) is 25.8 Å². The van der Waals surface area contributed by atoms with Gasteiger partial charge in [0.15, 0.2) is 0 Å². The number of benzene rings is 2. The second-order valence-electron chi connectivity index (χ2n) is 8.22. The molecule has 1 N–H and O–H groups in total. The maximum atomic E-state index is 13.2. The Morgan fingerprint density at radius 3 is 2.07 bits per heavy atom.